The summed E-state index contributed by atoms with van der Waals surface area (Å²) in [6.07, 6.45) is 4.98. The van der Waals surface area contributed by atoms with Crippen LogP contribution in [0.1, 0.15) is 62.4 Å². The van der Waals surface area contributed by atoms with E-state index in [1.807, 2.05) is 12.1 Å². The van der Waals surface area contributed by atoms with Crippen LogP contribution >= 0.6 is 0 Å². The van der Waals surface area contributed by atoms with E-state index < -0.39 is 15.6 Å². The van der Waals surface area contributed by atoms with Crippen molar-refractivity contribution in [3.05, 3.63) is 47.5 Å². The van der Waals surface area contributed by atoms with Gasteiger partial charge in [-0.15, -0.1) is 0 Å². The van der Waals surface area contributed by atoms with Gasteiger partial charge in [-0.2, -0.15) is 0 Å². The lowest BCUT2D eigenvalue weighted by molar-refractivity contribution is -0.117. The van der Waals surface area contributed by atoms with Crippen LogP contribution in [-0.2, 0) is 21.2 Å². The molecular weight excluding hydrogens is 476 g/mol. The van der Waals surface area contributed by atoms with Crippen molar-refractivity contribution in [1.82, 2.24) is 4.72 Å². The van der Waals surface area contributed by atoms with Crippen LogP contribution in [0.15, 0.2) is 41.3 Å². The summed E-state index contributed by atoms with van der Waals surface area (Å²) in [5.41, 5.74) is 3.20. The predicted molar refractivity (Wildman–Crippen MR) is 141 cm³/mol. The fraction of sp³-hybridized carbons (Fsp3) is 0.481. The summed E-state index contributed by atoms with van der Waals surface area (Å²) in [5, 5.41) is 2.96. The van der Waals surface area contributed by atoms with Crippen LogP contribution < -0.4 is 19.8 Å². The van der Waals surface area contributed by atoms with Crippen LogP contribution in [0.3, 0.4) is 0 Å². The molecule has 0 radical (unpaired) electrons. The molecule has 0 atom stereocenters. The number of piperidine rings is 1. The SMILES string of the molecule is CN1C(=O)Cc2ccc(NC(=O)c3ccc(S(=O)(=O)NC(C)(C)C)cc3N3CCC4(CC3)CC4)cc21. The maximum atomic E-state index is 13.5. The number of benzene rings is 2. The van der Waals surface area contributed by atoms with Crippen molar-refractivity contribution in [3.63, 3.8) is 0 Å². The summed E-state index contributed by atoms with van der Waals surface area (Å²) in [5.74, 6) is -0.286. The third-order valence-electron chi connectivity index (χ3n) is 7.51. The average molecular weight is 511 g/mol. The Morgan fingerprint density at radius 3 is 2.31 bits per heavy atom. The van der Waals surface area contributed by atoms with Gasteiger partial charge in [0.25, 0.3) is 5.91 Å². The fourth-order valence-electron chi connectivity index (χ4n) is 5.21. The van der Waals surface area contributed by atoms with E-state index in [0.29, 0.717) is 28.8 Å². The van der Waals surface area contributed by atoms with Crippen molar-refractivity contribution in [2.45, 2.75) is 63.3 Å². The second-order valence-electron chi connectivity index (χ2n) is 11.4. The van der Waals surface area contributed by atoms with Crippen molar-refractivity contribution >= 4 is 38.9 Å². The Morgan fingerprint density at radius 2 is 1.67 bits per heavy atom. The van der Waals surface area contributed by atoms with Crippen molar-refractivity contribution in [2.75, 3.05) is 35.3 Å². The molecule has 0 unspecified atom stereocenters. The molecule has 1 saturated heterocycles. The zero-order valence-corrected chi connectivity index (χ0v) is 22.2. The Bertz CT molecular complexity index is 1330. The Balaban J connectivity index is 1.46. The predicted octanol–water partition coefficient (Wildman–Crippen LogP) is 3.92. The first kappa shape index (κ1) is 24.8. The summed E-state index contributed by atoms with van der Waals surface area (Å²) in [7, 11) is -2.03. The van der Waals surface area contributed by atoms with Crippen LogP contribution in [0, 0.1) is 5.41 Å². The molecule has 8 nitrogen and oxygen atoms in total. The van der Waals surface area contributed by atoms with Crippen molar-refractivity contribution < 1.29 is 18.0 Å². The van der Waals surface area contributed by atoms with Gasteiger partial charge in [0, 0.05) is 37.1 Å². The minimum atomic E-state index is -3.76. The number of fused-ring (bicyclic) bond motifs is 1. The van der Waals surface area contributed by atoms with Gasteiger partial charge in [0.2, 0.25) is 15.9 Å². The Hall–Kier alpha value is -2.91. The van der Waals surface area contributed by atoms with E-state index in [4.69, 9.17) is 0 Å². The van der Waals surface area contributed by atoms with Crippen LogP contribution in [0.2, 0.25) is 0 Å². The molecular formula is C27H34N4O4S. The van der Waals surface area contributed by atoms with Gasteiger partial charge < -0.3 is 15.1 Å². The molecule has 1 saturated carbocycles. The highest BCUT2D eigenvalue weighted by atomic mass is 32.2. The van der Waals surface area contributed by atoms with E-state index >= 15 is 0 Å². The summed E-state index contributed by atoms with van der Waals surface area (Å²) in [4.78, 5) is 29.4. The number of anilines is 3. The fourth-order valence-corrected chi connectivity index (χ4v) is 6.65. The number of nitrogens with zero attached hydrogens (tertiary/aromatic N) is 2. The number of carbonyl (C=O) groups is 2. The lowest BCUT2D eigenvalue weighted by Gasteiger charge is -2.35. The van der Waals surface area contributed by atoms with Crippen LogP contribution in [0.25, 0.3) is 0 Å². The number of sulfonamides is 1. The molecule has 36 heavy (non-hydrogen) atoms. The maximum absolute atomic E-state index is 13.5. The molecule has 2 aromatic carbocycles. The molecule has 3 aliphatic rings. The second kappa shape index (κ2) is 8.59. The molecule has 2 N–H and O–H groups in total. The monoisotopic (exact) mass is 510 g/mol. The number of carbonyl (C=O) groups excluding carboxylic acids is 2. The molecule has 2 aliphatic heterocycles. The van der Waals surface area contributed by atoms with Gasteiger partial charge in [0.1, 0.15) is 0 Å². The van der Waals surface area contributed by atoms with E-state index in [9.17, 15) is 18.0 Å². The molecule has 9 heteroatoms. The Labute approximate surface area is 213 Å². The highest BCUT2D eigenvalue weighted by molar-refractivity contribution is 7.89. The minimum absolute atomic E-state index is 0.0231. The van der Waals surface area contributed by atoms with Gasteiger partial charge in [-0.25, -0.2) is 13.1 Å². The number of nitrogens with one attached hydrogen (secondary N) is 2. The summed E-state index contributed by atoms with van der Waals surface area (Å²) in [6.45, 7) is 6.99. The van der Waals surface area contributed by atoms with Gasteiger partial charge in [-0.1, -0.05) is 6.07 Å². The molecule has 5 rings (SSSR count). The standard InChI is InChI=1S/C27H34N4O4S/c1-26(2,3)29-36(34,35)20-7-8-21(23(17-20)31-13-11-27(9-10-27)12-14-31)25(33)28-19-6-5-18-15-24(32)30(4)22(18)16-19/h5-8,16-17,29H,9-15H2,1-4H3,(H,28,33). The van der Waals surface area contributed by atoms with Gasteiger partial charge in [-0.3, -0.25) is 9.59 Å². The molecule has 0 bridgehead atoms. The lowest BCUT2D eigenvalue weighted by Crippen LogP contribution is -2.40. The Kier molecular flexibility index (Phi) is 5.91. The molecule has 2 amide bonds. The highest BCUT2D eigenvalue weighted by Crippen LogP contribution is 2.54. The molecule has 0 aromatic heterocycles. The molecule has 1 aliphatic carbocycles. The van der Waals surface area contributed by atoms with E-state index in [1.54, 1.807) is 50.9 Å². The zero-order valence-electron chi connectivity index (χ0n) is 21.3. The quantitative estimate of drug-likeness (QED) is 0.635. The summed E-state index contributed by atoms with van der Waals surface area (Å²) < 4.78 is 28.8. The van der Waals surface area contributed by atoms with Gasteiger partial charge in [0.05, 0.1) is 22.6 Å². The molecule has 2 aromatic rings. The van der Waals surface area contributed by atoms with Crippen LogP contribution in [-0.4, -0.2) is 45.9 Å². The van der Waals surface area contributed by atoms with E-state index in [2.05, 4.69) is 14.9 Å². The summed E-state index contributed by atoms with van der Waals surface area (Å²) >= 11 is 0. The van der Waals surface area contributed by atoms with Gasteiger partial charge >= 0.3 is 0 Å². The molecule has 2 heterocycles. The van der Waals surface area contributed by atoms with Crippen molar-refractivity contribution in [2.24, 2.45) is 5.41 Å². The molecule has 192 valence electrons. The van der Waals surface area contributed by atoms with Crippen LogP contribution in [0.5, 0.6) is 0 Å². The molecule has 1 spiro atoms. The average Bonchev–Trinajstić information content (AvgIpc) is 3.50. The first-order valence-corrected chi connectivity index (χ1v) is 14.0. The number of likely N-dealkylation sites (N-methyl/N-ethyl adjacent to an activating group) is 1. The third kappa shape index (κ3) is 4.86. The third-order valence-corrected chi connectivity index (χ3v) is 9.26. The second-order valence-corrected chi connectivity index (χ2v) is 13.1. The van der Waals surface area contributed by atoms with Gasteiger partial charge in [-0.05, 0) is 87.8 Å². The highest BCUT2D eigenvalue weighted by Gasteiger charge is 2.44. The number of amides is 2. The topological polar surface area (TPSA) is 98.8 Å². The minimum Gasteiger partial charge on any atom is -0.371 e. The number of hydrogen-bond donors (Lipinski definition) is 2. The first-order valence-electron chi connectivity index (χ1n) is 12.5. The lowest BCUT2D eigenvalue weighted by atomic mass is 9.93. The van der Waals surface area contributed by atoms with E-state index in [1.165, 1.54) is 18.9 Å². The summed E-state index contributed by atoms with van der Waals surface area (Å²) in [6, 6.07) is 10.2. The van der Waals surface area contributed by atoms with Gasteiger partial charge in [0.15, 0.2) is 0 Å². The smallest absolute Gasteiger partial charge is 0.257 e. The maximum Gasteiger partial charge on any atom is 0.257 e. The number of rotatable bonds is 5. The van der Waals surface area contributed by atoms with E-state index in [-0.39, 0.29) is 16.7 Å². The Morgan fingerprint density at radius 1 is 0.972 bits per heavy atom. The van der Waals surface area contributed by atoms with Crippen molar-refractivity contribution in [1.29, 1.82) is 0 Å². The van der Waals surface area contributed by atoms with Crippen molar-refractivity contribution in [3.8, 4) is 0 Å². The normalized spacial score (nSPS) is 18.9. The zero-order chi connectivity index (χ0) is 25.9. The first-order chi connectivity index (χ1) is 16.9. The largest absolute Gasteiger partial charge is 0.371 e. The van der Waals surface area contributed by atoms with Crippen LogP contribution in [0.4, 0.5) is 17.1 Å². The number of hydrogen-bond acceptors (Lipinski definition) is 5. The van der Waals surface area contributed by atoms with E-state index in [0.717, 1.165) is 37.2 Å². The molecule has 2 fully saturated rings.